The number of aryl methyl sites for hydroxylation is 1. The third-order valence-corrected chi connectivity index (χ3v) is 7.68. The molecule has 0 saturated heterocycles. The Balaban J connectivity index is 1.52. The van der Waals surface area contributed by atoms with Crippen LogP contribution in [0.5, 0.6) is 0 Å². The fourth-order valence-electron chi connectivity index (χ4n) is 4.59. The van der Waals surface area contributed by atoms with Crippen LogP contribution in [0.25, 0.3) is 0 Å². The summed E-state index contributed by atoms with van der Waals surface area (Å²) in [6.07, 6.45) is 0. The average Bonchev–Trinajstić information content (AvgIpc) is 3.30. The second-order valence-electron chi connectivity index (χ2n) is 10.6. The summed E-state index contributed by atoms with van der Waals surface area (Å²) in [7, 11) is 0. The molecule has 0 bridgehead atoms. The van der Waals surface area contributed by atoms with E-state index in [9.17, 15) is 4.79 Å². The largest absolute Gasteiger partial charge is 0.328 e. The summed E-state index contributed by atoms with van der Waals surface area (Å²) in [5.74, 6) is 1.24. The molecule has 0 aliphatic carbocycles. The number of fused-ring (bicyclic) bond motifs is 1. The molecule has 1 unspecified atom stereocenters. The number of anilines is 2. The van der Waals surface area contributed by atoms with Crippen LogP contribution < -0.4 is 10.6 Å². The Hall–Kier alpha value is -3.84. The van der Waals surface area contributed by atoms with E-state index in [1.165, 1.54) is 11.1 Å². The molecule has 1 amide bonds. The van der Waals surface area contributed by atoms with Crippen LogP contribution in [0.3, 0.4) is 0 Å². The maximum Gasteiger partial charge on any atom is 0.255 e. The standard InChI is InChI=1S/C31H33N5OS/c1-20-11-9-10-14-25(20)33-28(37)26-21(2)32-29-34-30(38-19-22-12-7-6-8-13-22)35-36(29)27(26)23-15-17-24(18-16-23)31(3,4)5/h6-18,27H,19H2,1-5H3,(H,33,37)(H,32,34,35). The minimum Gasteiger partial charge on any atom is -0.328 e. The van der Waals surface area contributed by atoms with E-state index < -0.39 is 6.04 Å². The predicted octanol–water partition coefficient (Wildman–Crippen LogP) is 7.10. The molecule has 1 atom stereocenters. The highest BCUT2D eigenvalue weighted by Gasteiger charge is 2.34. The van der Waals surface area contributed by atoms with Crippen molar-refractivity contribution in [2.45, 2.75) is 57.0 Å². The van der Waals surface area contributed by atoms with Crippen LogP contribution in [-0.2, 0) is 16.0 Å². The summed E-state index contributed by atoms with van der Waals surface area (Å²) in [6.45, 7) is 10.5. The van der Waals surface area contributed by atoms with E-state index in [-0.39, 0.29) is 11.3 Å². The number of aromatic nitrogens is 3. The van der Waals surface area contributed by atoms with Crippen molar-refractivity contribution in [1.29, 1.82) is 0 Å². The van der Waals surface area contributed by atoms with E-state index in [0.717, 1.165) is 28.3 Å². The van der Waals surface area contributed by atoms with Gasteiger partial charge in [-0.05, 0) is 47.6 Å². The molecule has 194 valence electrons. The fourth-order valence-corrected chi connectivity index (χ4v) is 5.37. The van der Waals surface area contributed by atoms with Gasteiger partial charge < -0.3 is 10.6 Å². The summed E-state index contributed by atoms with van der Waals surface area (Å²) in [5, 5.41) is 12.0. The Morgan fingerprint density at radius 3 is 2.34 bits per heavy atom. The number of carbonyl (C=O) groups excluding carboxylic acids is 1. The topological polar surface area (TPSA) is 71.8 Å². The number of benzene rings is 3. The monoisotopic (exact) mass is 523 g/mol. The minimum atomic E-state index is -0.414. The van der Waals surface area contributed by atoms with Gasteiger partial charge in [-0.15, -0.1) is 5.10 Å². The van der Waals surface area contributed by atoms with Gasteiger partial charge in [-0.25, -0.2) is 4.68 Å². The number of carbonyl (C=O) groups is 1. The van der Waals surface area contributed by atoms with Gasteiger partial charge in [0.1, 0.15) is 6.04 Å². The first kappa shape index (κ1) is 25.8. The third-order valence-electron chi connectivity index (χ3n) is 6.77. The third kappa shape index (κ3) is 5.38. The fraction of sp³-hybridized carbons (Fsp3) is 0.258. The molecule has 1 aromatic heterocycles. The van der Waals surface area contributed by atoms with Crippen molar-refractivity contribution in [1.82, 2.24) is 14.8 Å². The highest BCUT2D eigenvalue weighted by Crippen LogP contribution is 2.38. The number of nitrogens with zero attached hydrogens (tertiary/aromatic N) is 3. The van der Waals surface area contributed by atoms with Gasteiger partial charge in [0.2, 0.25) is 11.1 Å². The van der Waals surface area contributed by atoms with Crippen molar-refractivity contribution >= 4 is 29.3 Å². The lowest BCUT2D eigenvalue weighted by Gasteiger charge is -2.29. The summed E-state index contributed by atoms with van der Waals surface area (Å²) in [4.78, 5) is 18.6. The van der Waals surface area contributed by atoms with E-state index in [4.69, 9.17) is 10.1 Å². The van der Waals surface area contributed by atoms with E-state index >= 15 is 0 Å². The lowest BCUT2D eigenvalue weighted by atomic mass is 9.85. The van der Waals surface area contributed by atoms with E-state index in [1.54, 1.807) is 11.8 Å². The van der Waals surface area contributed by atoms with Crippen molar-refractivity contribution in [2.24, 2.45) is 0 Å². The lowest BCUT2D eigenvalue weighted by molar-refractivity contribution is -0.113. The molecule has 4 aromatic rings. The van der Waals surface area contributed by atoms with Crippen LogP contribution in [0.15, 0.2) is 95.3 Å². The predicted molar refractivity (Wildman–Crippen MR) is 155 cm³/mol. The Kier molecular flexibility index (Phi) is 7.13. The van der Waals surface area contributed by atoms with Crippen molar-refractivity contribution in [3.63, 3.8) is 0 Å². The van der Waals surface area contributed by atoms with Crippen LogP contribution in [-0.4, -0.2) is 20.7 Å². The zero-order chi connectivity index (χ0) is 26.9. The number of thioether (sulfide) groups is 1. The molecule has 1 aliphatic heterocycles. The van der Waals surface area contributed by atoms with Crippen molar-refractivity contribution in [2.75, 3.05) is 10.6 Å². The number of hydrogen-bond donors (Lipinski definition) is 2. The van der Waals surface area contributed by atoms with Crippen molar-refractivity contribution in [3.05, 3.63) is 112 Å². The number of para-hydroxylation sites is 1. The molecule has 3 aromatic carbocycles. The average molecular weight is 524 g/mol. The lowest BCUT2D eigenvalue weighted by Crippen LogP contribution is -2.31. The van der Waals surface area contributed by atoms with E-state index in [1.807, 2.05) is 61.0 Å². The zero-order valence-electron chi connectivity index (χ0n) is 22.4. The molecule has 0 fully saturated rings. The second kappa shape index (κ2) is 10.5. The number of nitrogens with one attached hydrogen (secondary N) is 2. The highest BCUT2D eigenvalue weighted by atomic mass is 32.2. The Morgan fingerprint density at radius 1 is 0.974 bits per heavy atom. The Labute approximate surface area is 228 Å². The molecule has 5 rings (SSSR count). The van der Waals surface area contributed by atoms with Gasteiger partial charge in [0.15, 0.2) is 0 Å². The first-order valence-electron chi connectivity index (χ1n) is 12.8. The SMILES string of the molecule is CC1=C(C(=O)Nc2ccccc2C)C(c2ccc(C(C)(C)C)cc2)n2nc(SCc3ccccc3)nc2N1. The molecule has 0 saturated carbocycles. The van der Waals surface area contributed by atoms with Gasteiger partial charge in [-0.2, -0.15) is 4.98 Å². The highest BCUT2D eigenvalue weighted by molar-refractivity contribution is 7.98. The van der Waals surface area contributed by atoms with Crippen LogP contribution in [0, 0.1) is 6.92 Å². The summed E-state index contributed by atoms with van der Waals surface area (Å²) < 4.78 is 1.85. The molecule has 1 aliphatic rings. The van der Waals surface area contributed by atoms with Crippen LogP contribution >= 0.6 is 11.8 Å². The van der Waals surface area contributed by atoms with Crippen molar-refractivity contribution < 1.29 is 4.79 Å². The van der Waals surface area contributed by atoms with Gasteiger partial charge >= 0.3 is 0 Å². The first-order chi connectivity index (χ1) is 18.2. The summed E-state index contributed by atoms with van der Waals surface area (Å²) in [6, 6.07) is 26.2. The zero-order valence-corrected chi connectivity index (χ0v) is 23.3. The molecule has 0 radical (unpaired) electrons. The number of hydrogen-bond acceptors (Lipinski definition) is 5. The van der Waals surface area contributed by atoms with E-state index in [2.05, 4.69) is 67.8 Å². The molecular formula is C31H33N5OS. The quantitative estimate of drug-likeness (QED) is 0.264. The normalized spacial score (nSPS) is 15.1. The maximum absolute atomic E-state index is 13.8. The molecule has 38 heavy (non-hydrogen) atoms. The van der Waals surface area contributed by atoms with Gasteiger partial charge in [0.25, 0.3) is 5.91 Å². The van der Waals surface area contributed by atoms with E-state index in [0.29, 0.717) is 16.7 Å². The second-order valence-corrected chi connectivity index (χ2v) is 11.6. The van der Waals surface area contributed by atoms with Crippen molar-refractivity contribution in [3.8, 4) is 0 Å². The van der Waals surface area contributed by atoms with Gasteiger partial charge in [-0.3, -0.25) is 4.79 Å². The van der Waals surface area contributed by atoms with Gasteiger partial charge in [0, 0.05) is 17.1 Å². The van der Waals surface area contributed by atoms with Crippen LogP contribution in [0.2, 0.25) is 0 Å². The number of amides is 1. The minimum absolute atomic E-state index is 0.0309. The Bertz CT molecular complexity index is 1480. The van der Waals surface area contributed by atoms with Crippen LogP contribution in [0.4, 0.5) is 11.6 Å². The molecule has 2 N–H and O–H groups in total. The molecule has 0 spiro atoms. The smallest absolute Gasteiger partial charge is 0.255 e. The van der Waals surface area contributed by atoms with Crippen LogP contribution in [0.1, 0.15) is 56.0 Å². The maximum atomic E-state index is 13.8. The van der Waals surface area contributed by atoms with Gasteiger partial charge in [-0.1, -0.05) is 105 Å². The molecule has 6 nitrogen and oxygen atoms in total. The number of allylic oxidation sites excluding steroid dienone is 1. The van der Waals surface area contributed by atoms with Gasteiger partial charge in [0.05, 0.1) is 5.57 Å². The molecule has 7 heteroatoms. The Morgan fingerprint density at radius 2 is 1.66 bits per heavy atom. The molecule has 2 heterocycles. The number of rotatable bonds is 6. The first-order valence-corrected chi connectivity index (χ1v) is 13.8. The summed E-state index contributed by atoms with van der Waals surface area (Å²) in [5.41, 5.74) is 6.65. The molecular weight excluding hydrogens is 490 g/mol. The summed E-state index contributed by atoms with van der Waals surface area (Å²) >= 11 is 1.58.